The van der Waals surface area contributed by atoms with Crippen LogP contribution in [-0.4, -0.2) is 10.5 Å². The second-order valence-electron chi connectivity index (χ2n) is 7.84. The molecular weight excluding hydrogens is 316 g/mol. The summed E-state index contributed by atoms with van der Waals surface area (Å²) in [5, 5.41) is 0. The Labute approximate surface area is 148 Å². The van der Waals surface area contributed by atoms with Crippen molar-refractivity contribution < 1.29 is 4.79 Å². The van der Waals surface area contributed by atoms with Crippen molar-refractivity contribution in [3.05, 3.63) is 50.8 Å². The molecule has 1 aromatic heterocycles. The van der Waals surface area contributed by atoms with E-state index in [-0.39, 0.29) is 11.3 Å². The van der Waals surface area contributed by atoms with E-state index in [1.165, 1.54) is 23.4 Å². The monoisotopic (exact) mass is 342 g/mol. The molecule has 0 atom stereocenters. The molecule has 3 nitrogen and oxygen atoms in total. The summed E-state index contributed by atoms with van der Waals surface area (Å²) in [5.74, 6) is 0.609. The predicted molar refractivity (Wildman–Crippen MR) is 99.5 cm³/mol. The van der Waals surface area contributed by atoms with Crippen LogP contribution in [0.1, 0.15) is 60.1 Å². The minimum atomic E-state index is -0.139. The van der Waals surface area contributed by atoms with Crippen LogP contribution in [0.25, 0.3) is 0 Å². The van der Waals surface area contributed by atoms with Crippen molar-refractivity contribution in [2.45, 2.75) is 59.4 Å². The zero-order valence-corrected chi connectivity index (χ0v) is 16.0. The molecule has 1 aliphatic carbocycles. The van der Waals surface area contributed by atoms with Crippen molar-refractivity contribution in [2.24, 2.45) is 10.9 Å². The van der Waals surface area contributed by atoms with Crippen LogP contribution in [0.15, 0.2) is 29.3 Å². The van der Waals surface area contributed by atoms with Crippen LogP contribution >= 0.6 is 11.3 Å². The van der Waals surface area contributed by atoms with E-state index in [2.05, 4.69) is 37.3 Å². The number of benzene rings is 1. The third-order valence-corrected chi connectivity index (χ3v) is 6.16. The van der Waals surface area contributed by atoms with E-state index >= 15 is 0 Å². The first-order valence-corrected chi connectivity index (χ1v) is 9.44. The van der Waals surface area contributed by atoms with Crippen molar-refractivity contribution in [3.8, 4) is 0 Å². The minimum Gasteiger partial charge on any atom is -0.320 e. The van der Waals surface area contributed by atoms with Gasteiger partial charge in [-0.1, -0.05) is 39.0 Å². The van der Waals surface area contributed by atoms with Gasteiger partial charge in [-0.3, -0.25) is 4.79 Å². The van der Waals surface area contributed by atoms with E-state index in [1.54, 1.807) is 11.3 Å². The Morgan fingerprint density at radius 1 is 1.25 bits per heavy atom. The fraction of sp³-hybridized carbons (Fsp3) is 0.500. The first-order chi connectivity index (χ1) is 11.3. The summed E-state index contributed by atoms with van der Waals surface area (Å²) in [5.41, 5.74) is 3.00. The number of rotatable bonds is 3. The number of thiazole rings is 1. The summed E-state index contributed by atoms with van der Waals surface area (Å²) in [6.45, 7) is 11.8. The summed E-state index contributed by atoms with van der Waals surface area (Å²) >= 11 is 1.67. The van der Waals surface area contributed by atoms with Gasteiger partial charge in [-0.2, -0.15) is 4.99 Å². The third-order valence-electron chi connectivity index (χ3n) is 4.55. The second-order valence-corrected chi connectivity index (χ2v) is 8.81. The smallest absolute Gasteiger partial charge is 0.279 e. The van der Waals surface area contributed by atoms with Gasteiger partial charge >= 0.3 is 0 Å². The van der Waals surface area contributed by atoms with Gasteiger partial charge in [0.2, 0.25) is 0 Å². The SMILES string of the molecule is Cc1ccccc1C(=O)/N=c1\sc(C(C)(C)C)c(C)n1CC1CC1. The Hall–Kier alpha value is -1.68. The first kappa shape index (κ1) is 17.2. The maximum Gasteiger partial charge on any atom is 0.279 e. The summed E-state index contributed by atoms with van der Waals surface area (Å²) in [6, 6.07) is 7.67. The highest BCUT2D eigenvalue weighted by atomic mass is 32.1. The van der Waals surface area contributed by atoms with Crippen molar-refractivity contribution in [3.63, 3.8) is 0 Å². The van der Waals surface area contributed by atoms with E-state index < -0.39 is 0 Å². The minimum absolute atomic E-state index is 0.0690. The van der Waals surface area contributed by atoms with Crippen LogP contribution in [-0.2, 0) is 12.0 Å². The molecule has 1 aromatic carbocycles. The highest BCUT2D eigenvalue weighted by molar-refractivity contribution is 7.09. The molecule has 0 N–H and O–H groups in total. The largest absolute Gasteiger partial charge is 0.320 e. The van der Waals surface area contributed by atoms with Crippen LogP contribution in [0.4, 0.5) is 0 Å². The molecule has 0 bridgehead atoms. The number of amides is 1. The molecule has 1 amide bonds. The molecule has 1 fully saturated rings. The molecule has 128 valence electrons. The molecule has 1 saturated carbocycles. The molecule has 1 aliphatic rings. The molecule has 0 spiro atoms. The van der Waals surface area contributed by atoms with Crippen LogP contribution in [0.5, 0.6) is 0 Å². The van der Waals surface area contributed by atoms with Crippen molar-refractivity contribution >= 4 is 17.2 Å². The van der Waals surface area contributed by atoms with Gasteiger partial charge in [0.15, 0.2) is 4.80 Å². The fourth-order valence-electron chi connectivity index (χ4n) is 3.00. The Morgan fingerprint density at radius 3 is 2.50 bits per heavy atom. The number of aryl methyl sites for hydroxylation is 1. The number of hydrogen-bond acceptors (Lipinski definition) is 2. The first-order valence-electron chi connectivity index (χ1n) is 8.63. The number of nitrogens with zero attached hydrogens (tertiary/aromatic N) is 2. The topological polar surface area (TPSA) is 34.4 Å². The standard InChI is InChI=1S/C20H26N2OS/c1-13-8-6-7-9-16(13)18(23)21-19-22(12-15-10-11-15)14(2)17(24-19)20(3,4)5/h6-9,15H,10-12H2,1-5H3/b21-19-. The van der Waals surface area contributed by atoms with E-state index in [0.717, 1.165) is 22.8 Å². The number of carbonyl (C=O) groups excluding carboxylic acids is 1. The molecule has 24 heavy (non-hydrogen) atoms. The molecule has 3 rings (SSSR count). The quantitative estimate of drug-likeness (QED) is 0.802. The lowest BCUT2D eigenvalue weighted by molar-refractivity contribution is 0.0997. The van der Waals surface area contributed by atoms with Crippen LogP contribution < -0.4 is 4.80 Å². The highest BCUT2D eigenvalue weighted by Gasteiger charge is 2.27. The summed E-state index contributed by atoms with van der Waals surface area (Å²) in [4.78, 5) is 19.4. The third kappa shape index (κ3) is 3.54. The lowest BCUT2D eigenvalue weighted by atomic mass is 9.93. The molecule has 2 aromatic rings. The van der Waals surface area contributed by atoms with Crippen LogP contribution in [0.3, 0.4) is 0 Å². The van der Waals surface area contributed by atoms with Crippen LogP contribution in [0, 0.1) is 19.8 Å². The second kappa shape index (κ2) is 6.32. The van der Waals surface area contributed by atoms with Gasteiger partial charge in [0.05, 0.1) is 0 Å². The highest BCUT2D eigenvalue weighted by Crippen LogP contribution is 2.33. The zero-order chi connectivity index (χ0) is 17.5. The van der Waals surface area contributed by atoms with Gasteiger partial charge in [0.1, 0.15) is 0 Å². The average molecular weight is 343 g/mol. The molecule has 4 heteroatoms. The van der Waals surface area contributed by atoms with Gasteiger partial charge in [-0.05, 0) is 49.7 Å². The van der Waals surface area contributed by atoms with Gasteiger partial charge in [-0.25, -0.2) is 0 Å². The predicted octanol–water partition coefficient (Wildman–Crippen LogP) is 4.62. The summed E-state index contributed by atoms with van der Waals surface area (Å²) < 4.78 is 2.26. The van der Waals surface area contributed by atoms with Crippen LogP contribution in [0.2, 0.25) is 0 Å². The number of hydrogen-bond donors (Lipinski definition) is 0. The van der Waals surface area contributed by atoms with E-state index in [1.807, 2.05) is 31.2 Å². The Bertz CT molecular complexity index is 832. The maximum atomic E-state index is 12.7. The zero-order valence-electron chi connectivity index (χ0n) is 15.2. The van der Waals surface area contributed by atoms with E-state index in [9.17, 15) is 4.79 Å². The normalized spacial score (nSPS) is 15.8. The number of carbonyl (C=O) groups is 1. The van der Waals surface area contributed by atoms with Gasteiger partial charge < -0.3 is 4.57 Å². The Balaban J connectivity index is 2.08. The van der Waals surface area contributed by atoms with Gasteiger partial charge in [-0.15, -0.1) is 11.3 Å². The summed E-state index contributed by atoms with van der Waals surface area (Å²) in [6.07, 6.45) is 2.58. The lowest BCUT2D eigenvalue weighted by Crippen LogP contribution is -2.20. The Kier molecular flexibility index (Phi) is 4.52. The Morgan fingerprint density at radius 2 is 1.92 bits per heavy atom. The molecule has 1 heterocycles. The fourth-order valence-corrected chi connectivity index (χ4v) is 4.20. The summed E-state index contributed by atoms with van der Waals surface area (Å²) in [7, 11) is 0. The molecule has 0 unspecified atom stereocenters. The molecular formula is C20H26N2OS. The van der Waals surface area contributed by atoms with E-state index in [0.29, 0.717) is 5.56 Å². The van der Waals surface area contributed by atoms with E-state index in [4.69, 9.17) is 0 Å². The maximum absolute atomic E-state index is 12.7. The lowest BCUT2D eigenvalue weighted by Gasteiger charge is -2.17. The molecule has 0 aliphatic heterocycles. The molecule has 0 saturated heterocycles. The average Bonchev–Trinajstić information content (AvgIpc) is 3.26. The van der Waals surface area contributed by atoms with Crippen molar-refractivity contribution in [2.75, 3.05) is 0 Å². The van der Waals surface area contributed by atoms with Crippen molar-refractivity contribution in [1.29, 1.82) is 0 Å². The van der Waals surface area contributed by atoms with Crippen molar-refractivity contribution in [1.82, 2.24) is 4.57 Å². The molecule has 0 radical (unpaired) electrons. The number of aromatic nitrogens is 1. The van der Waals surface area contributed by atoms with Gasteiger partial charge in [0.25, 0.3) is 5.91 Å². The van der Waals surface area contributed by atoms with Gasteiger partial charge in [0, 0.05) is 22.7 Å².